The lowest BCUT2D eigenvalue weighted by atomic mass is 9.99. The monoisotopic (exact) mass is 335 g/mol. The number of amides is 1. The Balaban J connectivity index is 1.73. The number of fused-ring (bicyclic) bond motifs is 2. The van der Waals surface area contributed by atoms with Gasteiger partial charge in [0.05, 0.1) is 11.8 Å². The lowest BCUT2D eigenvalue weighted by Gasteiger charge is -2.30. The molecule has 25 heavy (non-hydrogen) atoms. The minimum Gasteiger partial charge on any atom is -0.398 e. The lowest BCUT2D eigenvalue weighted by molar-refractivity contribution is 0.0985. The van der Waals surface area contributed by atoms with Gasteiger partial charge < -0.3 is 10.6 Å². The fourth-order valence-electron chi connectivity index (χ4n) is 3.45. The zero-order valence-corrected chi connectivity index (χ0v) is 14.4. The molecule has 0 unspecified atom stereocenters. The van der Waals surface area contributed by atoms with Gasteiger partial charge in [-0.2, -0.15) is 5.10 Å². The average Bonchev–Trinajstić information content (AvgIpc) is 3.04. The molecular weight excluding hydrogens is 314 g/mol. The van der Waals surface area contributed by atoms with Crippen molar-refractivity contribution in [3.8, 4) is 0 Å². The highest BCUT2D eigenvalue weighted by atomic mass is 16.2. The van der Waals surface area contributed by atoms with Gasteiger partial charge in [0.25, 0.3) is 5.91 Å². The molecule has 0 aliphatic carbocycles. The van der Waals surface area contributed by atoms with Crippen molar-refractivity contribution >= 4 is 28.3 Å². The summed E-state index contributed by atoms with van der Waals surface area (Å²) in [5.41, 5.74) is 10.2. The molecule has 6 heteroatoms. The zero-order chi connectivity index (χ0) is 17.6. The molecule has 6 nitrogen and oxygen atoms in total. The van der Waals surface area contributed by atoms with Gasteiger partial charge in [-0.25, -0.2) is 9.67 Å². The van der Waals surface area contributed by atoms with E-state index < -0.39 is 0 Å². The maximum absolute atomic E-state index is 13.1. The van der Waals surface area contributed by atoms with Gasteiger partial charge in [-0.15, -0.1) is 0 Å². The molecule has 0 atom stereocenters. The summed E-state index contributed by atoms with van der Waals surface area (Å²) in [5, 5.41) is 5.25. The van der Waals surface area contributed by atoms with E-state index in [9.17, 15) is 4.79 Å². The number of hydrogen-bond donors (Lipinski definition) is 1. The molecule has 1 aliphatic rings. The first-order valence-electron chi connectivity index (χ1n) is 8.59. The normalized spacial score (nSPS) is 14.1. The summed E-state index contributed by atoms with van der Waals surface area (Å²) in [5.74, 6) is -0.0433. The van der Waals surface area contributed by atoms with Crippen LogP contribution in [0.15, 0.2) is 36.7 Å². The Morgan fingerprint density at radius 1 is 1.28 bits per heavy atom. The number of hydrogen-bond acceptors (Lipinski definition) is 4. The quantitative estimate of drug-likeness (QED) is 0.730. The number of nitrogens with two attached hydrogens (primary N) is 1. The van der Waals surface area contributed by atoms with E-state index in [0.29, 0.717) is 12.1 Å². The first kappa shape index (κ1) is 15.6. The molecule has 1 aliphatic heterocycles. The molecule has 0 bridgehead atoms. The summed E-state index contributed by atoms with van der Waals surface area (Å²) in [7, 11) is 0. The third-order valence-electron chi connectivity index (χ3n) is 4.70. The van der Waals surface area contributed by atoms with E-state index in [-0.39, 0.29) is 11.9 Å². The van der Waals surface area contributed by atoms with Gasteiger partial charge in [0.1, 0.15) is 0 Å². The van der Waals surface area contributed by atoms with Crippen LogP contribution in [0.4, 0.5) is 11.4 Å². The molecule has 2 aromatic heterocycles. The summed E-state index contributed by atoms with van der Waals surface area (Å²) >= 11 is 0. The number of aromatic nitrogens is 3. The van der Waals surface area contributed by atoms with Crippen molar-refractivity contribution in [1.29, 1.82) is 0 Å². The summed E-state index contributed by atoms with van der Waals surface area (Å²) in [6.07, 6.45) is 5.23. The van der Waals surface area contributed by atoms with Crippen LogP contribution in [0.25, 0.3) is 11.0 Å². The number of carbonyl (C=O) groups excluding carboxylic acids is 1. The molecule has 0 saturated carbocycles. The Morgan fingerprint density at radius 2 is 2.12 bits per heavy atom. The highest BCUT2D eigenvalue weighted by Gasteiger charge is 2.25. The molecule has 3 heterocycles. The summed E-state index contributed by atoms with van der Waals surface area (Å²) in [6.45, 7) is 4.81. The van der Waals surface area contributed by atoms with Crippen molar-refractivity contribution in [3.05, 3.63) is 47.8 Å². The molecule has 1 aromatic carbocycles. The third kappa shape index (κ3) is 2.54. The van der Waals surface area contributed by atoms with Gasteiger partial charge in [-0.1, -0.05) is 6.07 Å². The molecule has 0 spiro atoms. The van der Waals surface area contributed by atoms with E-state index in [1.807, 2.05) is 33.8 Å². The SMILES string of the molecule is CC(C)n1ncc2cc(C(=O)N3CCCc4c(N)cccc43)cnc21. The van der Waals surface area contributed by atoms with Crippen molar-refractivity contribution in [2.24, 2.45) is 0 Å². The van der Waals surface area contributed by atoms with Crippen molar-refractivity contribution < 1.29 is 4.79 Å². The number of nitrogens with zero attached hydrogens (tertiary/aromatic N) is 4. The predicted molar refractivity (Wildman–Crippen MR) is 98.8 cm³/mol. The minimum atomic E-state index is -0.0433. The van der Waals surface area contributed by atoms with Gasteiger partial charge >= 0.3 is 0 Å². The van der Waals surface area contributed by atoms with Crippen LogP contribution in [-0.4, -0.2) is 27.2 Å². The first-order chi connectivity index (χ1) is 12.1. The third-order valence-corrected chi connectivity index (χ3v) is 4.70. The van der Waals surface area contributed by atoms with Gasteiger partial charge in [0.2, 0.25) is 0 Å². The van der Waals surface area contributed by atoms with E-state index in [1.54, 1.807) is 12.4 Å². The van der Waals surface area contributed by atoms with Crippen LogP contribution < -0.4 is 10.6 Å². The number of rotatable bonds is 2. The van der Waals surface area contributed by atoms with Crippen LogP contribution in [0.1, 0.15) is 42.2 Å². The zero-order valence-electron chi connectivity index (χ0n) is 14.4. The van der Waals surface area contributed by atoms with E-state index in [4.69, 9.17) is 5.73 Å². The maximum Gasteiger partial charge on any atom is 0.259 e. The molecule has 2 N–H and O–H groups in total. The number of carbonyl (C=O) groups is 1. The molecule has 3 aromatic rings. The van der Waals surface area contributed by atoms with E-state index in [0.717, 1.165) is 40.8 Å². The lowest BCUT2D eigenvalue weighted by Crippen LogP contribution is -2.35. The van der Waals surface area contributed by atoms with E-state index in [1.165, 1.54) is 0 Å². The fourth-order valence-corrected chi connectivity index (χ4v) is 3.45. The van der Waals surface area contributed by atoms with Crippen molar-refractivity contribution in [2.45, 2.75) is 32.7 Å². The second kappa shape index (κ2) is 5.88. The second-order valence-electron chi connectivity index (χ2n) is 6.72. The Labute approximate surface area is 146 Å². The average molecular weight is 335 g/mol. The Morgan fingerprint density at radius 3 is 2.92 bits per heavy atom. The Bertz CT molecular complexity index is 960. The Hall–Kier alpha value is -2.89. The molecule has 0 radical (unpaired) electrons. The Kier molecular flexibility index (Phi) is 3.67. The molecule has 128 valence electrons. The van der Waals surface area contributed by atoms with E-state index >= 15 is 0 Å². The predicted octanol–water partition coefficient (Wildman–Crippen LogP) is 3.19. The van der Waals surface area contributed by atoms with Crippen LogP contribution in [0.5, 0.6) is 0 Å². The van der Waals surface area contributed by atoms with Crippen molar-refractivity contribution in [3.63, 3.8) is 0 Å². The standard InChI is InChI=1S/C19H21N5O/c1-12(2)24-18-13(11-22-24)9-14(10-21-18)19(25)23-8-4-5-15-16(20)6-3-7-17(15)23/h3,6-7,9-12H,4-5,8,20H2,1-2H3. The van der Waals surface area contributed by atoms with E-state index in [2.05, 4.69) is 23.9 Å². The molecule has 0 fully saturated rings. The number of benzene rings is 1. The first-order valence-corrected chi connectivity index (χ1v) is 8.59. The van der Waals surface area contributed by atoms with Crippen LogP contribution in [0.3, 0.4) is 0 Å². The summed E-state index contributed by atoms with van der Waals surface area (Å²) < 4.78 is 1.86. The van der Waals surface area contributed by atoms with Gasteiger partial charge in [0.15, 0.2) is 5.65 Å². The highest BCUT2D eigenvalue weighted by molar-refractivity contribution is 6.08. The second-order valence-corrected chi connectivity index (χ2v) is 6.72. The molecular formula is C19H21N5O. The van der Waals surface area contributed by atoms with Gasteiger partial charge in [-0.3, -0.25) is 4.79 Å². The van der Waals surface area contributed by atoms with Gasteiger partial charge in [-0.05, 0) is 50.5 Å². The summed E-state index contributed by atoms with van der Waals surface area (Å²) in [6, 6.07) is 7.85. The fraction of sp³-hybridized carbons (Fsp3) is 0.316. The van der Waals surface area contributed by atoms with Crippen LogP contribution in [0, 0.1) is 0 Å². The van der Waals surface area contributed by atoms with Crippen LogP contribution >= 0.6 is 0 Å². The van der Waals surface area contributed by atoms with Crippen molar-refractivity contribution in [1.82, 2.24) is 14.8 Å². The summed E-state index contributed by atoms with van der Waals surface area (Å²) in [4.78, 5) is 19.4. The number of pyridine rings is 1. The van der Waals surface area contributed by atoms with Crippen LogP contribution in [-0.2, 0) is 6.42 Å². The smallest absolute Gasteiger partial charge is 0.259 e. The molecule has 1 amide bonds. The van der Waals surface area contributed by atoms with Crippen molar-refractivity contribution in [2.75, 3.05) is 17.2 Å². The largest absolute Gasteiger partial charge is 0.398 e. The van der Waals surface area contributed by atoms with Crippen LogP contribution in [0.2, 0.25) is 0 Å². The van der Waals surface area contributed by atoms with Gasteiger partial charge in [0, 0.05) is 35.5 Å². The minimum absolute atomic E-state index is 0.0433. The molecule has 4 rings (SSSR count). The number of anilines is 2. The maximum atomic E-state index is 13.1. The number of nitrogen functional groups attached to an aromatic ring is 1. The topological polar surface area (TPSA) is 77.0 Å². The molecule has 0 saturated heterocycles. The highest BCUT2D eigenvalue weighted by Crippen LogP contribution is 2.32.